The van der Waals surface area contributed by atoms with Crippen LogP contribution in [0.15, 0.2) is 24.3 Å². The molecule has 1 aromatic rings. The van der Waals surface area contributed by atoms with Gasteiger partial charge in [-0.3, -0.25) is 9.59 Å². The molecule has 1 rings (SSSR count). The fraction of sp³-hybridized carbons (Fsp3) is 0.500. The number of carbonyl (C=O) groups excluding carboxylic acids is 2. The fourth-order valence-corrected chi connectivity index (χ4v) is 2.22. The second-order valence-corrected chi connectivity index (χ2v) is 5.41. The van der Waals surface area contributed by atoms with Crippen molar-refractivity contribution in [3.8, 4) is 5.75 Å². The van der Waals surface area contributed by atoms with Gasteiger partial charge < -0.3 is 26.4 Å². The lowest BCUT2D eigenvalue weighted by Crippen LogP contribution is -2.29. The van der Waals surface area contributed by atoms with Crippen LogP contribution in [0.5, 0.6) is 5.75 Å². The first-order chi connectivity index (χ1) is 10.9. The maximum atomic E-state index is 11.6. The Morgan fingerprint density at radius 2 is 1.83 bits per heavy atom. The van der Waals surface area contributed by atoms with E-state index in [0.29, 0.717) is 12.2 Å². The molecule has 2 atom stereocenters. The minimum Gasteiger partial charge on any atom is -0.491 e. The van der Waals surface area contributed by atoms with Gasteiger partial charge in [-0.15, -0.1) is 0 Å². The minimum absolute atomic E-state index is 0.0608. The van der Waals surface area contributed by atoms with Crippen LogP contribution in [0.3, 0.4) is 0 Å². The van der Waals surface area contributed by atoms with Gasteiger partial charge in [0, 0.05) is 12.3 Å². The molecule has 0 radical (unpaired) electrons. The molecule has 23 heavy (non-hydrogen) atoms. The Morgan fingerprint density at radius 3 is 2.35 bits per heavy atom. The molecule has 0 aliphatic carbocycles. The van der Waals surface area contributed by atoms with Gasteiger partial charge in [0.05, 0.1) is 12.7 Å². The van der Waals surface area contributed by atoms with Crippen LogP contribution >= 0.6 is 0 Å². The number of benzene rings is 1. The van der Waals surface area contributed by atoms with Gasteiger partial charge >= 0.3 is 0 Å². The van der Waals surface area contributed by atoms with Gasteiger partial charge in [-0.2, -0.15) is 0 Å². The van der Waals surface area contributed by atoms with E-state index in [1.807, 2.05) is 0 Å². The van der Waals surface area contributed by atoms with Crippen molar-refractivity contribution < 1.29 is 24.5 Å². The van der Waals surface area contributed by atoms with Gasteiger partial charge in [0.25, 0.3) is 0 Å². The summed E-state index contributed by atoms with van der Waals surface area (Å²) in [6.45, 7) is 0.157. The summed E-state index contributed by atoms with van der Waals surface area (Å²) in [5.41, 5.74) is 11.3. The number of carbonyl (C=O) groups is 2. The van der Waals surface area contributed by atoms with E-state index in [1.165, 1.54) is 0 Å². The average molecular weight is 324 g/mol. The van der Waals surface area contributed by atoms with E-state index in [1.54, 1.807) is 24.3 Å². The number of amides is 2. The highest BCUT2D eigenvalue weighted by atomic mass is 16.5. The summed E-state index contributed by atoms with van der Waals surface area (Å²) in [6.07, 6.45) is 0.0674. The third-order valence-corrected chi connectivity index (χ3v) is 3.45. The molecule has 6 N–H and O–H groups in total. The first-order valence-electron chi connectivity index (χ1n) is 7.50. The summed E-state index contributed by atoms with van der Waals surface area (Å²) in [4.78, 5) is 22.3. The predicted octanol–water partition coefficient (Wildman–Crippen LogP) is -0.282. The Labute approximate surface area is 135 Å². The van der Waals surface area contributed by atoms with Crippen LogP contribution in [0.1, 0.15) is 24.8 Å². The number of aliphatic hydroxyl groups is 2. The molecular formula is C16H24N2O5. The van der Waals surface area contributed by atoms with E-state index in [4.69, 9.17) is 21.3 Å². The molecule has 0 spiro atoms. The van der Waals surface area contributed by atoms with Crippen molar-refractivity contribution in [1.82, 2.24) is 0 Å². The quantitative estimate of drug-likeness (QED) is 0.444. The fourth-order valence-electron chi connectivity index (χ4n) is 2.22. The van der Waals surface area contributed by atoms with E-state index in [-0.39, 0.29) is 32.5 Å². The molecule has 0 aliphatic rings. The lowest BCUT2D eigenvalue weighted by atomic mass is 9.91. The largest absolute Gasteiger partial charge is 0.491 e. The molecule has 0 aromatic heterocycles. The second kappa shape index (κ2) is 9.81. The molecule has 0 saturated carbocycles. The van der Waals surface area contributed by atoms with E-state index < -0.39 is 23.8 Å². The third-order valence-electron chi connectivity index (χ3n) is 3.45. The van der Waals surface area contributed by atoms with Crippen LogP contribution in [0, 0.1) is 5.92 Å². The highest BCUT2D eigenvalue weighted by molar-refractivity contribution is 5.77. The topological polar surface area (TPSA) is 136 Å². The van der Waals surface area contributed by atoms with Crippen LogP contribution in [0.2, 0.25) is 0 Å². The first kappa shape index (κ1) is 18.9. The van der Waals surface area contributed by atoms with Crippen molar-refractivity contribution in [3.63, 3.8) is 0 Å². The van der Waals surface area contributed by atoms with Crippen molar-refractivity contribution in [1.29, 1.82) is 0 Å². The predicted molar refractivity (Wildman–Crippen MR) is 84.5 cm³/mol. The van der Waals surface area contributed by atoms with Crippen molar-refractivity contribution in [2.75, 3.05) is 13.2 Å². The van der Waals surface area contributed by atoms with Crippen molar-refractivity contribution in [3.05, 3.63) is 29.8 Å². The Kier molecular flexibility index (Phi) is 8.07. The van der Waals surface area contributed by atoms with Crippen LogP contribution < -0.4 is 16.2 Å². The van der Waals surface area contributed by atoms with Crippen molar-refractivity contribution in [2.24, 2.45) is 17.4 Å². The SMILES string of the molecule is NC(=O)CCC(O)CC(Cc1ccc(OCCO)cc1)C(N)=O. The number of ether oxygens (including phenoxy) is 1. The van der Waals surface area contributed by atoms with Crippen LogP contribution in [-0.4, -0.2) is 41.3 Å². The van der Waals surface area contributed by atoms with Gasteiger partial charge in [-0.1, -0.05) is 12.1 Å². The minimum atomic E-state index is -0.799. The zero-order chi connectivity index (χ0) is 17.2. The summed E-state index contributed by atoms with van der Waals surface area (Å²) in [7, 11) is 0. The molecule has 128 valence electrons. The summed E-state index contributed by atoms with van der Waals surface area (Å²) in [5.74, 6) is -0.885. The Bertz CT molecular complexity index is 504. The van der Waals surface area contributed by atoms with Gasteiger partial charge in [0.15, 0.2) is 0 Å². The monoisotopic (exact) mass is 324 g/mol. The maximum Gasteiger partial charge on any atom is 0.220 e. The number of hydrogen-bond donors (Lipinski definition) is 4. The highest BCUT2D eigenvalue weighted by Gasteiger charge is 2.20. The molecule has 0 saturated heterocycles. The number of primary amides is 2. The zero-order valence-electron chi connectivity index (χ0n) is 13.0. The Morgan fingerprint density at radius 1 is 1.17 bits per heavy atom. The van der Waals surface area contributed by atoms with Crippen LogP contribution in [0.25, 0.3) is 0 Å². The van der Waals surface area contributed by atoms with E-state index in [9.17, 15) is 14.7 Å². The molecule has 1 aromatic carbocycles. The van der Waals surface area contributed by atoms with E-state index >= 15 is 0 Å². The number of aliphatic hydroxyl groups excluding tert-OH is 2. The smallest absolute Gasteiger partial charge is 0.220 e. The van der Waals surface area contributed by atoms with Gasteiger partial charge in [0.2, 0.25) is 11.8 Å². The van der Waals surface area contributed by atoms with E-state index in [0.717, 1.165) is 5.56 Å². The Hall–Kier alpha value is -2.12. The molecule has 0 fully saturated rings. The van der Waals surface area contributed by atoms with Gasteiger partial charge in [-0.25, -0.2) is 0 Å². The Balaban J connectivity index is 2.58. The zero-order valence-corrected chi connectivity index (χ0v) is 13.0. The molecular weight excluding hydrogens is 300 g/mol. The molecule has 0 heterocycles. The summed E-state index contributed by atoms with van der Waals surface area (Å²) >= 11 is 0. The summed E-state index contributed by atoms with van der Waals surface area (Å²) in [6, 6.07) is 7.09. The van der Waals surface area contributed by atoms with Crippen molar-refractivity contribution >= 4 is 11.8 Å². The normalized spacial score (nSPS) is 13.3. The molecule has 7 heteroatoms. The molecule has 7 nitrogen and oxygen atoms in total. The summed E-state index contributed by atoms with van der Waals surface area (Å²) < 4.78 is 5.26. The lowest BCUT2D eigenvalue weighted by molar-refractivity contribution is -0.122. The molecule has 2 amide bonds. The van der Waals surface area contributed by atoms with Crippen LogP contribution in [-0.2, 0) is 16.0 Å². The lowest BCUT2D eigenvalue weighted by Gasteiger charge is -2.17. The third kappa shape index (κ3) is 7.62. The highest BCUT2D eigenvalue weighted by Crippen LogP contribution is 2.19. The van der Waals surface area contributed by atoms with E-state index in [2.05, 4.69) is 0 Å². The second-order valence-electron chi connectivity index (χ2n) is 5.41. The summed E-state index contributed by atoms with van der Waals surface area (Å²) in [5, 5.41) is 18.6. The average Bonchev–Trinajstić information content (AvgIpc) is 2.51. The number of hydrogen-bond acceptors (Lipinski definition) is 5. The standard InChI is InChI=1S/C16H24N2O5/c17-15(21)6-3-13(20)10-12(16(18)22)9-11-1-4-14(5-2-11)23-8-7-19/h1-2,4-5,12-13,19-20H,3,6-10H2,(H2,17,21)(H2,18,22). The van der Waals surface area contributed by atoms with Crippen LogP contribution in [0.4, 0.5) is 0 Å². The molecule has 0 bridgehead atoms. The van der Waals surface area contributed by atoms with Gasteiger partial charge in [0.1, 0.15) is 12.4 Å². The molecule has 2 unspecified atom stereocenters. The number of rotatable bonds is 11. The first-order valence-corrected chi connectivity index (χ1v) is 7.50. The molecule has 0 aliphatic heterocycles. The number of nitrogens with two attached hydrogens (primary N) is 2. The van der Waals surface area contributed by atoms with Crippen molar-refractivity contribution in [2.45, 2.75) is 31.8 Å². The maximum absolute atomic E-state index is 11.6. The van der Waals surface area contributed by atoms with Gasteiger partial charge in [-0.05, 0) is 37.0 Å².